The van der Waals surface area contributed by atoms with Crippen molar-refractivity contribution in [2.75, 3.05) is 13.6 Å². The highest BCUT2D eigenvalue weighted by Crippen LogP contribution is 2.21. The van der Waals surface area contributed by atoms with Gasteiger partial charge in [0.25, 0.3) is 0 Å². The van der Waals surface area contributed by atoms with Gasteiger partial charge < -0.3 is 4.90 Å². The number of halogens is 1. The number of rotatable bonds is 4. The number of hydrogen-bond donors (Lipinski definition) is 0. The first-order chi connectivity index (χ1) is 6.09. The van der Waals surface area contributed by atoms with Gasteiger partial charge in [-0.15, -0.1) is 11.3 Å². The molecule has 0 spiro atoms. The quantitative estimate of drug-likeness (QED) is 0.748. The molecular formula is C10H16ClNS. The number of likely N-dealkylation sites (N-methyl/N-ethyl adjacent to an activating group) is 1. The molecule has 0 bridgehead atoms. The summed E-state index contributed by atoms with van der Waals surface area (Å²) < 4.78 is 0.891. The minimum absolute atomic E-state index is 0.621. The van der Waals surface area contributed by atoms with Crippen molar-refractivity contribution >= 4 is 22.9 Å². The highest BCUT2D eigenvalue weighted by atomic mass is 35.5. The van der Waals surface area contributed by atoms with Crippen molar-refractivity contribution in [3.05, 3.63) is 21.3 Å². The van der Waals surface area contributed by atoms with Crippen LogP contribution in [0, 0.1) is 0 Å². The zero-order chi connectivity index (χ0) is 9.84. The Morgan fingerprint density at radius 2 is 2.15 bits per heavy atom. The summed E-state index contributed by atoms with van der Waals surface area (Å²) in [7, 11) is 2.15. The molecule has 13 heavy (non-hydrogen) atoms. The normalized spacial score (nSPS) is 11.5. The van der Waals surface area contributed by atoms with E-state index in [-0.39, 0.29) is 0 Å². The lowest BCUT2D eigenvalue weighted by molar-refractivity contribution is 0.278. The molecule has 0 N–H and O–H groups in total. The van der Waals surface area contributed by atoms with E-state index < -0.39 is 0 Å². The molecule has 0 atom stereocenters. The van der Waals surface area contributed by atoms with Gasteiger partial charge >= 0.3 is 0 Å². The van der Waals surface area contributed by atoms with Crippen LogP contribution in [0.25, 0.3) is 0 Å². The second-order valence-corrected chi connectivity index (χ2v) is 5.33. The highest BCUT2D eigenvalue weighted by molar-refractivity contribution is 7.16. The fraction of sp³-hybridized carbons (Fsp3) is 0.600. The number of hydrogen-bond acceptors (Lipinski definition) is 2. The molecule has 74 valence electrons. The van der Waals surface area contributed by atoms with Crippen LogP contribution >= 0.6 is 22.9 Å². The summed E-state index contributed by atoms with van der Waals surface area (Å²) in [6.07, 6.45) is 1.10. The minimum Gasteiger partial charge on any atom is -0.304 e. The standard InChI is InChI=1S/C10H16ClNS/c1-8(2)12(3)7-6-9-4-5-10(11)13-9/h4-5,8H,6-7H2,1-3H3. The smallest absolute Gasteiger partial charge is 0.0931 e. The molecule has 1 rings (SSSR count). The molecule has 1 aromatic rings. The van der Waals surface area contributed by atoms with Crippen molar-refractivity contribution in [3.63, 3.8) is 0 Å². The van der Waals surface area contributed by atoms with E-state index in [1.54, 1.807) is 11.3 Å². The van der Waals surface area contributed by atoms with Crippen LogP contribution in [0.4, 0.5) is 0 Å². The van der Waals surface area contributed by atoms with Gasteiger partial charge in [-0.05, 0) is 39.4 Å². The van der Waals surface area contributed by atoms with Gasteiger partial charge in [0.15, 0.2) is 0 Å². The summed E-state index contributed by atoms with van der Waals surface area (Å²) in [6.45, 7) is 5.53. The second kappa shape index (κ2) is 4.99. The predicted octanol–water partition coefficient (Wildman–Crippen LogP) is 3.28. The highest BCUT2D eigenvalue weighted by Gasteiger charge is 2.04. The molecular weight excluding hydrogens is 202 g/mol. The molecule has 0 aliphatic heterocycles. The van der Waals surface area contributed by atoms with Crippen LogP contribution in [0.3, 0.4) is 0 Å². The summed E-state index contributed by atoms with van der Waals surface area (Å²) in [4.78, 5) is 3.71. The monoisotopic (exact) mass is 217 g/mol. The van der Waals surface area contributed by atoms with E-state index in [0.29, 0.717) is 6.04 Å². The lowest BCUT2D eigenvalue weighted by Crippen LogP contribution is -2.28. The molecule has 0 aliphatic carbocycles. The SMILES string of the molecule is CC(C)N(C)CCc1ccc(Cl)s1. The van der Waals surface area contributed by atoms with Crippen molar-refractivity contribution in [3.8, 4) is 0 Å². The zero-order valence-electron chi connectivity index (χ0n) is 8.38. The Kier molecular flexibility index (Phi) is 4.23. The molecule has 0 unspecified atom stereocenters. The van der Waals surface area contributed by atoms with Crippen LogP contribution in [0.15, 0.2) is 12.1 Å². The largest absolute Gasteiger partial charge is 0.304 e. The Hall–Kier alpha value is -0.0500. The number of thiophene rings is 1. The van der Waals surface area contributed by atoms with Crippen LogP contribution in [0.1, 0.15) is 18.7 Å². The van der Waals surface area contributed by atoms with E-state index in [9.17, 15) is 0 Å². The van der Waals surface area contributed by atoms with Gasteiger partial charge in [0.1, 0.15) is 0 Å². The Morgan fingerprint density at radius 3 is 2.62 bits per heavy atom. The summed E-state index contributed by atoms with van der Waals surface area (Å²) in [5, 5.41) is 0. The maximum Gasteiger partial charge on any atom is 0.0931 e. The Labute approximate surface area is 89.3 Å². The molecule has 3 heteroatoms. The van der Waals surface area contributed by atoms with Crippen molar-refractivity contribution in [2.45, 2.75) is 26.3 Å². The third-order valence-electron chi connectivity index (χ3n) is 2.22. The maximum absolute atomic E-state index is 5.84. The molecule has 0 aromatic carbocycles. The summed E-state index contributed by atoms with van der Waals surface area (Å²) in [5.41, 5.74) is 0. The van der Waals surface area contributed by atoms with Gasteiger partial charge in [-0.3, -0.25) is 0 Å². The molecule has 0 saturated heterocycles. The molecule has 0 amide bonds. The van der Waals surface area contributed by atoms with Crippen LogP contribution < -0.4 is 0 Å². The fourth-order valence-corrected chi connectivity index (χ4v) is 2.11. The molecule has 1 heterocycles. The third-order valence-corrected chi connectivity index (χ3v) is 3.51. The van der Waals surface area contributed by atoms with Gasteiger partial charge in [0.2, 0.25) is 0 Å². The van der Waals surface area contributed by atoms with Gasteiger partial charge in [-0.1, -0.05) is 11.6 Å². The first-order valence-corrected chi connectivity index (χ1v) is 5.73. The Bertz CT molecular complexity index is 257. The maximum atomic E-state index is 5.84. The van der Waals surface area contributed by atoms with E-state index in [1.165, 1.54) is 4.88 Å². The van der Waals surface area contributed by atoms with Crippen molar-refractivity contribution in [2.24, 2.45) is 0 Å². The molecule has 0 saturated carbocycles. The van der Waals surface area contributed by atoms with E-state index in [0.717, 1.165) is 17.3 Å². The van der Waals surface area contributed by atoms with E-state index in [2.05, 4.69) is 31.9 Å². The Balaban J connectivity index is 2.35. The number of nitrogens with zero attached hydrogens (tertiary/aromatic N) is 1. The van der Waals surface area contributed by atoms with Crippen LogP contribution in [0.5, 0.6) is 0 Å². The van der Waals surface area contributed by atoms with Gasteiger partial charge in [0, 0.05) is 17.5 Å². The van der Waals surface area contributed by atoms with Crippen molar-refractivity contribution in [1.29, 1.82) is 0 Å². The third kappa shape index (κ3) is 3.67. The van der Waals surface area contributed by atoms with Gasteiger partial charge in [-0.25, -0.2) is 0 Å². The minimum atomic E-state index is 0.621. The average Bonchev–Trinajstić information content (AvgIpc) is 2.47. The molecule has 1 nitrogen and oxygen atoms in total. The topological polar surface area (TPSA) is 3.24 Å². The Morgan fingerprint density at radius 1 is 1.46 bits per heavy atom. The van der Waals surface area contributed by atoms with Crippen LogP contribution in [-0.4, -0.2) is 24.5 Å². The van der Waals surface area contributed by atoms with E-state index in [4.69, 9.17) is 11.6 Å². The lowest BCUT2D eigenvalue weighted by Gasteiger charge is -2.20. The summed E-state index contributed by atoms with van der Waals surface area (Å²) in [5.74, 6) is 0. The first kappa shape index (κ1) is 11.0. The average molecular weight is 218 g/mol. The zero-order valence-corrected chi connectivity index (χ0v) is 9.95. The predicted molar refractivity (Wildman–Crippen MR) is 60.8 cm³/mol. The molecule has 0 fully saturated rings. The van der Waals surface area contributed by atoms with E-state index in [1.807, 2.05) is 6.07 Å². The summed E-state index contributed by atoms with van der Waals surface area (Å²) >= 11 is 7.52. The van der Waals surface area contributed by atoms with Crippen LogP contribution in [0.2, 0.25) is 4.34 Å². The second-order valence-electron chi connectivity index (χ2n) is 3.53. The van der Waals surface area contributed by atoms with Gasteiger partial charge in [0.05, 0.1) is 4.34 Å². The molecule has 0 aliphatic rings. The lowest BCUT2D eigenvalue weighted by atomic mass is 10.3. The van der Waals surface area contributed by atoms with E-state index >= 15 is 0 Å². The van der Waals surface area contributed by atoms with Crippen molar-refractivity contribution < 1.29 is 0 Å². The first-order valence-electron chi connectivity index (χ1n) is 4.54. The molecule has 0 radical (unpaired) electrons. The molecule has 1 aromatic heterocycles. The summed E-state index contributed by atoms with van der Waals surface area (Å²) in [6, 6.07) is 4.70. The fourth-order valence-electron chi connectivity index (χ4n) is 1.03. The van der Waals surface area contributed by atoms with Crippen molar-refractivity contribution in [1.82, 2.24) is 4.90 Å². The van der Waals surface area contributed by atoms with Gasteiger partial charge in [-0.2, -0.15) is 0 Å². The van der Waals surface area contributed by atoms with Crippen LogP contribution in [-0.2, 0) is 6.42 Å².